The second-order valence-electron chi connectivity index (χ2n) is 5.00. The number of rotatable bonds is 8. The van der Waals surface area contributed by atoms with Crippen LogP contribution in [0.2, 0.25) is 0 Å². The average molecular weight is 267 g/mol. The molecule has 0 unspecified atom stereocenters. The molecule has 1 aromatic rings. The molecule has 0 aliphatic rings. The number of aliphatic hydroxyl groups excluding tert-OH is 2. The van der Waals surface area contributed by atoms with Crippen LogP contribution in [0.4, 0.5) is 0 Å². The quantitative estimate of drug-likeness (QED) is 0.664. The molecule has 4 nitrogen and oxygen atoms in total. The van der Waals surface area contributed by atoms with Gasteiger partial charge in [-0.25, -0.2) is 0 Å². The Morgan fingerprint density at radius 2 is 1.89 bits per heavy atom. The summed E-state index contributed by atoms with van der Waals surface area (Å²) in [5, 5.41) is 21.1. The second-order valence-corrected chi connectivity index (χ2v) is 5.00. The minimum Gasteiger partial charge on any atom is -0.496 e. The van der Waals surface area contributed by atoms with E-state index in [2.05, 4.69) is 31.3 Å². The Kier molecular flexibility index (Phi) is 6.84. The summed E-state index contributed by atoms with van der Waals surface area (Å²) in [7, 11) is 1.69. The maximum Gasteiger partial charge on any atom is 0.122 e. The van der Waals surface area contributed by atoms with E-state index in [1.165, 1.54) is 11.1 Å². The summed E-state index contributed by atoms with van der Waals surface area (Å²) in [6.45, 7) is 4.93. The summed E-state index contributed by atoms with van der Waals surface area (Å²) >= 11 is 0. The number of aliphatic hydroxyl groups is 2. The van der Waals surface area contributed by atoms with Gasteiger partial charge >= 0.3 is 0 Å². The van der Waals surface area contributed by atoms with Crippen molar-refractivity contribution in [2.45, 2.75) is 32.2 Å². The molecule has 108 valence electrons. The number of hydrogen-bond acceptors (Lipinski definition) is 4. The Morgan fingerprint density at radius 1 is 1.21 bits per heavy atom. The van der Waals surface area contributed by atoms with E-state index in [1.54, 1.807) is 7.11 Å². The normalized spacial score (nSPS) is 11.3. The first-order valence-corrected chi connectivity index (χ1v) is 6.74. The fraction of sp³-hybridized carbons (Fsp3) is 0.600. The van der Waals surface area contributed by atoms with Crippen LogP contribution in [0.5, 0.6) is 5.75 Å². The summed E-state index contributed by atoms with van der Waals surface area (Å²) in [5.41, 5.74) is 2.44. The lowest BCUT2D eigenvalue weighted by atomic mass is 9.98. The highest BCUT2D eigenvalue weighted by Crippen LogP contribution is 2.27. The molecule has 1 aromatic carbocycles. The number of ether oxygens (including phenoxy) is 1. The summed E-state index contributed by atoms with van der Waals surface area (Å²) < 4.78 is 5.36. The molecule has 0 aromatic heterocycles. The topological polar surface area (TPSA) is 61.7 Å². The van der Waals surface area contributed by atoms with E-state index in [4.69, 9.17) is 14.9 Å². The maximum absolute atomic E-state index is 8.97. The van der Waals surface area contributed by atoms with Gasteiger partial charge < -0.3 is 20.3 Å². The molecular weight excluding hydrogens is 242 g/mol. The monoisotopic (exact) mass is 267 g/mol. The van der Waals surface area contributed by atoms with Crippen LogP contribution in [0.3, 0.4) is 0 Å². The van der Waals surface area contributed by atoms with Crippen LogP contribution in [-0.4, -0.2) is 43.1 Å². The third kappa shape index (κ3) is 4.82. The van der Waals surface area contributed by atoms with Gasteiger partial charge in [0.15, 0.2) is 0 Å². The average Bonchev–Trinajstić information content (AvgIpc) is 2.43. The van der Waals surface area contributed by atoms with Crippen molar-refractivity contribution in [3.8, 4) is 5.75 Å². The Hall–Kier alpha value is -1.10. The molecule has 0 radical (unpaired) electrons. The molecule has 19 heavy (non-hydrogen) atoms. The van der Waals surface area contributed by atoms with E-state index >= 15 is 0 Å². The van der Waals surface area contributed by atoms with E-state index in [1.807, 2.05) is 6.07 Å². The van der Waals surface area contributed by atoms with Gasteiger partial charge in [0, 0.05) is 0 Å². The highest BCUT2D eigenvalue weighted by molar-refractivity contribution is 5.39. The van der Waals surface area contributed by atoms with Crippen LogP contribution in [0, 0.1) is 0 Å². The van der Waals surface area contributed by atoms with Gasteiger partial charge in [0.25, 0.3) is 0 Å². The summed E-state index contributed by atoms with van der Waals surface area (Å²) in [4.78, 5) is 0. The van der Waals surface area contributed by atoms with Crippen molar-refractivity contribution in [3.05, 3.63) is 29.3 Å². The molecular formula is C15H25NO3. The van der Waals surface area contributed by atoms with Crippen molar-refractivity contribution >= 4 is 0 Å². The zero-order chi connectivity index (χ0) is 14.3. The van der Waals surface area contributed by atoms with Gasteiger partial charge in [0.1, 0.15) is 5.75 Å². The Bertz CT molecular complexity index is 376. The van der Waals surface area contributed by atoms with Crippen LogP contribution in [0.15, 0.2) is 18.2 Å². The minimum absolute atomic E-state index is 0.0453. The fourth-order valence-electron chi connectivity index (χ4n) is 2.00. The predicted octanol–water partition coefficient (Wildman–Crippen LogP) is 1.30. The van der Waals surface area contributed by atoms with Gasteiger partial charge in [0.05, 0.1) is 26.4 Å². The Balaban J connectivity index is 2.62. The smallest absolute Gasteiger partial charge is 0.122 e. The fourth-order valence-corrected chi connectivity index (χ4v) is 2.00. The number of benzene rings is 1. The van der Waals surface area contributed by atoms with Gasteiger partial charge in [-0.05, 0) is 36.1 Å². The number of methoxy groups -OCH3 is 1. The van der Waals surface area contributed by atoms with Crippen LogP contribution in [0.1, 0.15) is 30.9 Å². The maximum atomic E-state index is 8.97. The molecule has 0 fully saturated rings. The molecule has 4 heteroatoms. The van der Waals surface area contributed by atoms with E-state index in [0.29, 0.717) is 5.92 Å². The zero-order valence-corrected chi connectivity index (χ0v) is 12.0. The lowest BCUT2D eigenvalue weighted by molar-refractivity contribution is 0.171. The van der Waals surface area contributed by atoms with E-state index in [-0.39, 0.29) is 19.3 Å². The van der Waals surface area contributed by atoms with Crippen LogP contribution in [-0.2, 0) is 6.42 Å². The molecule has 0 atom stereocenters. The van der Waals surface area contributed by atoms with Gasteiger partial charge in [-0.3, -0.25) is 0 Å². The van der Waals surface area contributed by atoms with Crippen molar-refractivity contribution in [2.75, 3.05) is 26.9 Å². The zero-order valence-electron chi connectivity index (χ0n) is 12.0. The van der Waals surface area contributed by atoms with Crippen LogP contribution in [0.25, 0.3) is 0 Å². The first kappa shape index (κ1) is 16.0. The minimum atomic E-state index is -0.234. The van der Waals surface area contributed by atoms with Crippen LogP contribution < -0.4 is 10.1 Å². The standard InChI is InChI=1S/C15H25NO3/c1-11(2)14-8-12(4-5-15(14)19-3)6-7-16-13(9-17)10-18/h4-5,8,11,13,16-18H,6-7,9-10H2,1-3H3. The van der Waals surface area contributed by atoms with Crippen LogP contribution >= 0.6 is 0 Å². The van der Waals surface area contributed by atoms with E-state index < -0.39 is 0 Å². The largest absolute Gasteiger partial charge is 0.496 e. The molecule has 1 rings (SSSR count). The van der Waals surface area contributed by atoms with Gasteiger partial charge in [-0.2, -0.15) is 0 Å². The summed E-state index contributed by atoms with van der Waals surface area (Å²) in [5.74, 6) is 1.35. The predicted molar refractivity (Wildman–Crippen MR) is 76.7 cm³/mol. The Morgan fingerprint density at radius 3 is 2.42 bits per heavy atom. The molecule has 0 bridgehead atoms. The van der Waals surface area contributed by atoms with E-state index in [9.17, 15) is 0 Å². The Labute approximate surface area is 115 Å². The molecule has 0 aliphatic carbocycles. The second kappa shape index (κ2) is 8.15. The van der Waals surface area contributed by atoms with Crippen molar-refractivity contribution in [3.63, 3.8) is 0 Å². The molecule has 0 heterocycles. The van der Waals surface area contributed by atoms with Crippen molar-refractivity contribution in [1.82, 2.24) is 5.32 Å². The first-order chi connectivity index (χ1) is 9.12. The van der Waals surface area contributed by atoms with Crippen molar-refractivity contribution in [1.29, 1.82) is 0 Å². The van der Waals surface area contributed by atoms with Gasteiger partial charge in [-0.1, -0.05) is 26.0 Å². The molecule has 0 amide bonds. The molecule has 0 aliphatic heterocycles. The van der Waals surface area contributed by atoms with Gasteiger partial charge in [-0.15, -0.1) is 0 Å². The number of nitrogens with one attached hydrogen (secondary N) is 1. The molecule has 3 N–H and O–H groups in total. The van der Waals surface area contributed by atoms with Crippen molar-refractivity contribution < 1.29 is 14.9 Å². The van der Waals surface area contributed by atoms with E-state index in [0.717, 1.165) is 18.7 Å². The van der Waals surface area contributed by atoms with Crippen molar-refractivity contribution in [2.24, 2.45) is 0 Å². The lowest BCUT2D eigenvalue weighted by Crippen LogP contribution is -2.36. The third-order valence-electron chi connectivity index (χ3n) is 3.20. The highest BCUT2D eigenvalue weighted by atomic mass is 16.5. The SMILES string of the molecule is COc1ccc(CCNC(CO)CO)cc1C(C)C. The first-order valence-electron chi connectivity index (χ1n) is 6.74. The van der Waals surface area contributed by atoms with Gasteiger partial charge in [0.2, 0.25) is 0 Å². The summed E-state index contributed by atoms with van der Waals surface area (Å²) in [6, 6.07) is 5.99. The highest BCUT2D eigenvalue weighted by Gasteiger charge is 2.09. The number of hydrogen-bond donors (Lipinski definition) is 3. The summed E-state index contributed by atoms with van der Waals surface area (Å²) in [6.07, 6.45) is 0.861. The molecule has 0 spiro atoms. The lowest BCUT2D eigenvalue weighted by Gasteiger charge is -2.15. The molecule has 0 saturated heterocycles. The third-order valence-corrected chi connectivity index (χ3v) is 3.20. The molecule has 0 saturated carbocycles.